The summed E-state index contributed by atoms with van der Waals surface area (Å²) in [5.41, 5.74) is 1.57. The summed E-state index contributed by atoms with van der Waals surface area (Å²) < 4.78 is 21.2. The Hall–Kier alpha value is -0.940. The SMILES string of the molecule is CCC(CSC)n1c(CCCl)nc2cc(F)c(OC)cc21. The minimum atomic E-state index is -0.384. The number of fused-ring (bicyclic) bond motifs is 1. The number of methoxy groups -OCH3 is 1. The van der Waals surface area contributed by atoms with Crippen LogP contribution in [0.3, 0.4) is 0 Å². The van der Waals surface area contributed by atoms with E-state index in [4.69, 9.17) is 16.3 Å². The van der Waals surface area contributed by atoms with Crippen molar-refractivity contribution in [3.8, 4) is 5.75 Å². The van der Waals surface area contributed by atoms with Crippen molar-refractivity contribution in [3.05, 3.63) is 23.8 Å². The summed E-state index contributed by atoms with van der Waals surface area (Å²) in [6.07, 6.45) is 3.75. The summed E-state index contributed by atoms with van der Waals surface area (Å²) in [6, 6.07) is 3.49. The highest BCUT2D eigenvalue weighted by Gasteiger charge is 2.19. The van der Waals surface area contributed by atoms with Crippen molar-refractivity contribution in [3.63, 3.8) is 0 Å². The number of imidazole rings is 1. The Morgan fingerprint density at radius 1 is 1.48 bits per heavy atom. The number of aryl methyl sites for hydroxylation is 1. The molecule has 2 rings (SSSR count). The van der Waals surface area contributed by atoms with Gasteiger partial charge in [-0.15, -0.1) is 11.6 Å². The second kappa shape index (κ2) is 7.36. The molecule has 0 aliphatic rings. The van der Waals surface area contributed by atoms with Crippen molar-refractivity contribution in [1.29, 1.82) is 0 Å². The molecule has 1 atom stereocenters. The summed E-state index contributed by atoms with van der Waals surface area (Å²) in [5, 5.41) is 0. The van der Waals surface area contributed by atoms with E-state index in [9.17, 15) is 4.39 Å². The molecule has 0 aliphatic heterocycles. The minimum absolute atomic E-state index is 0.250. The number of hydrogen-bond donors (Lipinski definition) is 0. The lowest BCUT2D eigenvalue weighted by Crippen LogP contribution is -2.14. The average Bonchev–Trinajstić information content (AvgIpc) is 2.81. The standard InChI is InChI=1S/C15H20ClFN2OS/c1-4-10(9-21-3)19-13-8-14(20-2)11(17)7-12(13)18-15(19)5-6-16/h7-8,10H,4-6,9H2,1-3H3. The van der Waals surface area contributed by atoms with Crippen LogP contribution in [-0.4, -0.2) is 34.5 Å². The van der Waals surface area contributed by atoms with Gasteiger partial charge < -0.3 is 9.30 Å². The number of aromatic nitrogens is 2. The smallest absolute Gasteiger partial charge is 0.167 e. The molecule has 0 amide bonds. The van der Waals surface area contributed by atoms with E-state index in [1.165, 1.54) is 13.2 Å². The normalized spacial score (nSPS) is 12.8. The third-order valence-corrected chi connectivity index (χ3v) is 4.46. The highest BCUT2D eigenvalue weighted by atomic mass is 35.5. The summed E-state index contributed by atoms with van der Waals surface area (Å²) >= 11 is 7.69. The summed E-state index contributed by atoms with van der Waals surface area (Å²) in [4.78, 5) is 4.56. The van der Waals surface area contributed by atoms with Gasteiger partial charge in [0, 0.05) is 36.2 Å². The number of rotatable bonds is 7. The Kier molecular flexibility index (Phi) is 5.76. The molecule has 0 radical (unpaired) electrons. The van der Waals surface area contributed by atoms with E-state index in [0.29, 0.717) is 23.9 Å². The average molecular weight is 331 g/mol. The van der Waals surface area contributed by atoms with Crippen LogP contribution < -0.4 is 4.74 Å². The maximum atomic E-state index is 13.9. The molecule has 3 nitrogen and oxygen atoms in total. The van der Waals surface area contributed by atoms with Crippen LogP contribution >= 0.6 is 23.4 Å². The molecular weight excluding hydrogens is 311 g/mol. The molecule has 21 heavy (non-hydrogen) atoms. The van der Waals surface area contributed by atoms with E-state index in [1.54, 1.807) is 17.8 Å². The van der Waals surface area contributed by atoms with Gasteiger partial charge in [-0.1, -0.05) is 6.92 Å². The Morgan fingerprint density at radius 2 is 2.24 bits per heavy atom. The van der Waals surface area contributed by atoms with Crippen molar-refractivity contribution < 1.29 is 9.13 Å². The Labute approximate surface area is 133 Å². The number of halogens is 2. The number of nitrogens with zero attached hydrogens (tertiary/aromatic N) is 2. The molecule has 0 N–H and O–H groups in total. The van der Waals surface area contributed by atoms with Gasteiger partial charge >= 0.3 is 0 Å². The second-order valence-electron chi connectivity index (χ2n) is 4.83. The first-order valence-corrected chi connectivity index (χ1v) is 8.88. The predicted molar refractivity (Wildman–Crippen MR) is 88.4 cm³/mol. The lowest BCUT2D eigenvalue weighted by molar-refractivity contribution is 0.387. The Bertz CT molecular complexity index is 617. The zero-order valence-electron chi connectivity index (χ0n) is 12.5. The van der Waals surface area contributed by atoms with Gasteiger partial charge in [-0.25, -0.2) is 9.37 Å². The van der Waals surface area contributed by atoms with Gasteiger partial charge in [0.15, 0.2) is 11.6 Å². The van der Waals surface area contributed by atoms with E-state index < -0.39 is 0 Å². The van der Waals surface area contributed by atoms with E-state index in [2.05, 4.69) is 22.7 Å². The molecule has 0 spiro atoms. The van der Waals surface area contributed by atoms with Crippen LogP contribution in [0.4, 0.5) is 4.39 Å². The van der Waals surface area contributed by atoms with Crippen LogP contribution in [0.25, 0.3) is 11.0 Å². The van der Waals surface area contributed by atoms with Crippen LogP contribution in [0.15, 0.2) is 12.1 Å². The van der Waals surface area contributed by atoms with Crippen LogP contribution in [0.1, 0.15) is 25.2 Å². The first-order valence-electron chi connectivity index (χ1n) is 6.95. The fourth-order valence-electron chi connectivity index (χ4n) is 2.54. The molecule has 1 aromatic carbocycles. The van der Waals surface area contributed by atoms with Crippen molar-refractivity contribution in [1.82, 2.24) is 9.55 Å². The fraction of sp³-hybridized carbons (Fsp3) is 0.533. The first-order chi connectivity index (χ1) is 10.2. The van der Waals surface area contributed by atoms with E-state index in [-0.39, 0.29) is 11.6 Å². The largest absolute Gasteiger partial charge is 0.494 e. The molecule has 0 bridgehead atoms. The van der Waals surface area contributed by atoms with Gasteiger partial charge in [-0.2, -0.15) is 11.8 Å². The number of hydrogen-bond acceptors (Lipinski definition) is 3. The zero-order chi connectivity index (χ0) is 15.4. The zero-order valence-corrected chi connectivity index (χ0v) is 14.1. The molecule has 0 fully saturated rings. The van der Waals surface area contributed by atoms with Crippen molar-refractivity contribution in [2.45, 2.75) is 25.8 Å². The number of thioether (sulfide) groups is 1. The quantitative estimate of drug-likeness (QED) is 0.709. The molecular formula is C15H20ClFN2OS. The number of alkyl halides is 1. The summed E-state index contributed by atoms with van der Waals surface area (Å²) in [6.45, 7) is 2.15. The van der Waals surface area contributed by atoms with Crippen molar-refractivity contribution in [2.24, 2.45) is 0 Å². The van der Waals surface area contributed by atoms with Gasteiger partial charge in [-0.05, 0) is 12.7 Å². The van der Waals surface area contributed by atoms with Gasteiger partial charge in [-0.3, -0.25) is 0 Å². The predicted octanol–water partition coefficient (Wildman–Crippen LogP) is 4.28. The Balaban J connectivity index is 2.64. The molecule has 1 heterocycles. The van der Waals surface area contributed by atoms with Gasteiger partial charge in [0.2, 0.25) is 0 Å². The third-order valence-electron chi connectivity index (χ3n) is 3.55. The topological polar surface area (TPSA) is 27.1 Å². The molecule has 6 heteroatoms. The van der Waals surface area contributed by atoms with Gasteiger partial charge in [0.25, 0.3) is 0 Å². The highest BCUT2D eigenvalue weighted by molar-refractivity contribution is 7.98. The molecule has 1 unspecified atom stereocenters. The lowest BCUT2D eigenvalue weighted by atomic mass is 10.2. The molecule has 0 saturated heterocycles. The highest BCUT2D eigenvalue weighted by Crippen LogP contribution is 2.30. The van der Waals surface area contributed by atoms with Crippen LogP contribution in [0, 0.1) is 5.82 Å². The number of ether oxygens (including phenoxy) is 1. The number of benzene rings is 1. The van der Waals surface area contributed by atoms with Gasteiger partial charge in [0.1, 0.15) is 5.82 Å². The molecule has 1 aromatic heterocycles. The molecule has 0 aliphatic carbocycles. The molecule has 116 valence electrons. The monoisotopic (exact) mass is 330 g/mol. The van der Waals surface area contributed by atoms with Crippen LogP contribution in [-0.2, 0) is 6.42 Å². The third kappa shape index (κ3) is 3.29. The van der Waals surface area contributed by atoms with Crippen LogP contribution in [0.5, 0.6) is 5.75 Å². The van der Waals surface area contributed by atoms with Crippen LogP contribution in [0.2, 0.25) is 0 Å². The fourth-order valence-corrected chi connectivity index (χ4v) is 3.48. The molecule has 0 saturated carbocycles. The molecule has 2 aromatic rings. The maximum absolute atomic E-state index is 13.9. The second-order valence-corrected chi connectivity index (χ2v) is 6.12. The lowest BCUT2D eigenvalue weighted by Gasteiger charge is -2.19. The van der Waals surface area contributed by atoms with Gasteiger partial charge in [0.05, 0.1) is 18.1 Å². The van der Waals surface area contributed by atoms with Crippen molar-refractivity contribution in [2.75, 3.05) is 25.0 Å². The summed E-state index contributed by atoms with van der Waals surface area (Å²) in [5.74, 6) is 2.26. The van der Waals surface area contributed by atoms with E-state index in [0.717, 1.165) is 23.5 Å². The van der Waals surface area contributed by atoms with Crippen molar-refractivity contribution >= 4 is 34.4 Å². The van der Waals surface area contributed by atoms with E-state index in [1.807, 2.05) is 0 Å². The first kappa shape index (κ1) is 16.4. The maximum Gasteiger partial charge on any atom is 0.167 e. The minimum Gasteiger partial charge on any atom is -0.494 e. The Morgan fingerprint density at radius 3 is 2.81 bits per heavy atom. The van der Waals surface area contributed by atoms with E-state index >= 15 is 0 Å². The summed E-state index contributed by atoms with van der Waals surface area (Å²) in [7, 11) is 1.48.